The van der Waals surface area contributed by atoms with Crippen LogP contribution in [0.5, 0.6) is 0 Å². The molecule has 0 bridgehead atoms. The van der Waals surface area contributed by atoms with Gasteiger partial charge in [-0.05, 0) is 25.7 Å². The van der Waals surface area contributed by atoms with Gasteiger partial charge in [-0.1, -0.05) is 0 Å². The maximum Gasteiger partial charge on any atom is 0.322 e. The molecule has 2 amide bonds. The standard InChI is InChI=1S/C16H25N5O2/c22-16(20-7-5-19(6-8-20)14-3-4-14)18-13-10-17-21(11-13)12-15-2-1-9-23-15/h10-11,14-15H,1-9,12H2,(H,18,22)/t15-/m1/s1. The molecule has 2 saturated heterocycles. The first kappa shape index (κ1) is 15.0. The van der Waals surface area contributed by atoms with E-state index in [0.29, 0.717) is 0 Å². The Kier molecular flexibility index (Phi) is 4.22. The molecule has 2 aliphatic heterocycles. The Morgan fingerprint density at radius 3 is 2.78 bits per heavy atom. The van der Waals surface area contributed by atoms with Crippen molar-refractivity contribution in [3.63, 3.8) is 0 Å². The van der Waals surface area contributed by atoms with E-state index in [4.69, 9.17) is 4.74 Å². The minimum atomic E-state index is -0.0166. The zero-order valence-electron chi connectivity index (χ0n) is 13.5. The maximum atomic E-state index is 12.3. The Bertz CT molecular complexity index is 542. The van der Waals surface area contributed by atoms with E-state index in [2.05, 4.69) is 15.3 Å². The number of anilines is 1. The minimum absolute atomic E-state index is 0.0166. The number of nitrogens with one attached hydrogen (secondary N) is 1. The molecule has 3 heterocycles. The lowest BCUT2D eigenvalue weighted by Gasteiger charge is -2.34. The maximum absolute atomic E-state index is 12.3. The van der Waals surface area contributed by atoms with Gasteiger partial charge in [0.15, 0.2) is 0 Å². The van der Waals surface area contributed by atoms with Crippen molar-refractivity contribution in [1.82, 2.24) is 19.6 Å². The molecule has 7 nitrogen and oxygen atoms in total. The van der Waals surface area contributed by atoms with Crippen LogP contribution in [0.2, 0.25) is 0 Å². The van der Waals surface area contributed by atoms with Crippen molar-refractivity contribution in [3.8, 4) is 0 Å². The third kappa shape index (κ3) is 3.67. The molecule has 1 saturated carbocycles. The summed E-state index contributed by atoms with van der Waals surface area (Å²) in [6, 6.07) is 0.772. The summed E-state index contributed by atoms with van der Waals surface area (Å²) in [6.07, 6.45) is 8.74. The van der Waals surface area contributed by atoms with Crippen LogP contribution >= 0.6 is 0 Å². The van der Waals surface area contributed by atoms with E-state index in [1.54, 1.807) is 6.20 Å². The lowest BCUT2D eigenvalue weighted by Crippen LogP contribution is -2.50. The molecule has 23 heavy (non-hydrogen) atoms. The van der Waals surface area contributed by atoms with Gasteiger partial charge in [0, 0.05) is 45.0 Å². The van der Waals surface area contributed by atoms with Gasteiger partial charge in [0.1, 0.15) is 0 Å². The number of nitrogens with zero attached hydrogens (tertiary/aromatic N) is 4. The van der Waals surface area contributed by atoms with Crippen molar-refractivity contribution in [1.29, 1.82) is 0 Å². The fourth-order valence-corrected chi connectivity index (χ4v) is 3.46. The number of ether oxygens (including phenoxy) is 1. The highest BCUT2D eigenvalue weighted by Gasteiger charge is 2.32. The van der Waals surface area contributed by atoms with Gasteiger partial charge in [-0.15, -0.1) is 0 Å². The fraction of sp³-hybridized carbons (Fsp3) is 0.750. The Morgan fingerprint density at radius 1 is 1.26 bits per heavy atom. The van der Waals surface area contributed by atoms with E-state index in [1.165, 1.54) is 12.8 Å². The monoisotopic (exact) mass is 319 g/mol. The number of hydrogen-bond donors (Lipinski definition) is 1. The van der Waals surface area contributed by atoms with Crippen LogP contribution in [0.25, 0.3) is 0 Å². The van der Waals surface area contributed by atoms with E-state index in [-0.39, 0.29) is 12.1 Å². The average Bonchev–Trinajstić information content (AvgIpc) is 3.13. The van der Waals surface area contributed by atoms with Gasteiger partial charge in [0.25, 0.3) is 0 Å². The smallest absolute Gasteiger partial charge is 0.322 e. The van der Waals surface area contributed by atoms with Crippen molar-refractivity contribution < 1.29 is 9.53 Å². The van der Waals surface area contributed by atoms with Crippen LogP contribution in [0, 0.1) is 0 Å². The van der Waals surface area contributed by atoms with E-state index in [0.717, 1.165) is 63.9 Å². The summed E-state index contributed by atoms with van der Waals surface area (Å²) in [6.45, 7) is 5.23. The van der Waals surface area contributed by atoms with E-state index >= 15 is 0 Å². The van der Waals surface area contributed by atoms with Crippen LogP contribution in [0.1, 0.15) is 25.7 Å². The van der Waals surface area contributed by atoms with Crippen LogP contribution in [0.4, 0.5) is 10.5 Å². The summed E-state index contributed by atoms with van der Waals surface area (Å²) >= 11 is 0. The fourth-order valence-electron chi connectivity index (χ4n) is 3.46. The second-order valence-electron chi connectivity index (χ2n) is 6.77. The summed E-state index contributed by atoms with van der Waals surface area (Å²) in [4.78, 5) is 16.8. The number of amides is 2. The normalized spacial score (nSPS) is 25.7. The zero-order valence-corrected chi connectivity index (χ0v) is 13.5. The van der Waals surface area contributed by atoms with Gasteiger partial charge in [-0.25, -0.2) is 4.79 Å². The quantitative estimate of drug-likeness (QED) is 0.910. The number of piperazine rings is 1. The largest absolute Gasteiger partial charge is 0.376 e. The molecule has 4 rings (SSSR count). The van der Waals surface area contributed by atoms with Gasteiger partial charge in [0.2, 0.25) is 0 Å². The molecule has 0 aromatic carbocycles. The van der Waals surface area contributed by atoms with Crippen LogP contribution in [0.15, 0.2) is 12.4 Å². The van der Waals surface area contributed by atoms with Crippen molar-refractivity contribution in [3.05, 3.63) is 12.4 Å². The first-order valence-corrected chi connectivity index (χ1v) is 8.72. The molecule has 0 spiro atoms. The molecule has 7 heteroatoms. The van der Waals surface area contributed by atoms with Crippen LogP contribution in [0.3, 0.4) is 0 Å². The van der Waals surface area contributed by atoms with E-state index in [9.17, 15) is 4.79 Å². The van der Waals surface area contributed by atoms with E-state index in [1.807, 2.05) is 15.8 Å². The molecule has 126 valence electrons. The highest BCUT2D eigenvalue weighted by atomic mass is 16.5. The Hall–Kier alpha value is -1.60. The third-order valence-corrected chi connectivity index (χ3v) is 4.96. The summed E-state index contributed by atoms with van der Waals surface area (Å²) in [7, 11) is 0. The molecule has 1 aromatic heterocycles. The predicted octanol–water partition coefficient (Wildman–Crippen LogP) is 1.37. The molecule has 0 unspecified atom stereocenters. The highest BCUT2D eigenvalue weighted by molar-refractivity contribution is 5.89. The molecule has 3 aliphatic rings. The number of carbonyl (C=O) groups excluding carboxylic acids is 1. The first-order chi connectivity index (χ1) is 11.3. The number of rotatable bonds is 4. The Balaban J connectivity index is 1.26. The highest BCUT2D eigenvalue weighted by Crippen LogP contribution is 2.27. The molecule has 1 atom stereocenters. The lowest BCUT2D eigenvalue weighted by molar-refractivity contribution is 0.0940. The van der Waals surface area contributed by atoms with Crippen LogP contribution < -0.4 is 5.32 Å². The van der Waals surface area contributed by atoms with Gasteiger partial charge in [-0.2, -0.15) is 5.10 Å². The molecular weight excluding hydrogens is 294 g/mol. The van der Waals surface area contributed by atoms with Crippen molar-refractivity contribution in [2.45, 2.75) is 44.4 Å². The Labute approximate surface area is 136 Å². The third-order valence-electron chi connectivity index (χ3n) is 4.96. The average molecular weight is 319 g/mol. The van der Waals surface area contributed by atoms with Crippen molar-refractivity contribution >= 4 is 11.7 Å². The van der Waals surface area contributed by atoms with Crippen molar-refractivity contribution in [2.75, 3.05) is 38.1 Å². The molecule has 1 aromatic rings. The molecule has 1 N–H and O–H groups in total. The van der Waals surface area contributed by atoms with E-state index < -0.39 is 0 Å². The second kappa shape index (κ2) is 6.49. The predicted molar refractivity (Wildman–Crippen MR) is 86.4 cm³/mol. The second-order valence-corrected chi connectivity index (χ2v) is 6.77. The van der Waals surface area contributed by atoms with Gasteiger partial charge in [-0.3, -0.25) is 9.58 Å². The molecular formula is C16H25N5O2. The summed E-state index contributed by atoms with van der Waals surface area (Å²) in [5, 5.41) is 7.28. The van der Waals surface area contributed by atoms with Gasteiger partial charge < -0.3 is 15.0 Å². The first-order valence-electron chi connectivity index (χ1n) is 8.72. The Morgan fingerprint density at radius 2 is 2.09 bits per heavy atom. The van der Waals surface area contributed by atoms with Crippen LogP contribution in [-0.4, -0.2) is 70.5 Å². The number of carbonyl (C=O) groups is 1. The SMILES string of the molecule is O=C(Nc1cnn(C[C@H]2CCCO2)c1)N1CCN(C2CC2)CC1. The molecule has 3 fully saturated rings. The van der Waals surface area contributed by atoms with Crippen molar-refractivity contribution in [2.24, 2.45) is 0 Å². The van der Waals surface area contributed by atoms with Crippen LogP contribution in [-0.2, 0) is 11.3 Å². The molecule has 0 radical (unpaired) electrons. The lowest BCUT2D eigenvalue weighted by atomic mass is 10.2. The number of urea groups is 1. The summed E-state index contributed by atoms with van der Waals surface area (Å²) < 4.78 is 7.47. The topological polar surface area (TPSA) is 62.6 Å². The molecule has 1 aliphatic carbocycles. The summed E-state index contributed by atoms with van der Waals surface area (Å²) in [5.41, 5.74) is 0.762. The number of aromatic nitrogens is 2. The van der Waals surface area contributed by atoms with Gasteiger partial charge in [0.05, 0.1) is 24.5 Å². The van der Waals surface area contributed by atoms with Gasteiger partial charge >= 0.3 is 6.03 Å². The summed E-state index contributed by atoms with van der Waals surface area (Å²) in [5.74, 6) is 0. The zero-order chi connectivity index (χ0) is 15.6. The number of hydrogen-bond acceptors (Lipinski definition) is 4. The minimum Gasteiger partial charge on any atom is -0.376 e.